The van der Waals surface area contributed by atoms with E-state index in [0.29, 0.717) is 5.41 Å². The smallest absolute Gasteiger partial charge is 0.0798 e. The summed E-state index contributed by atoms with van der Waals surface area (Å²) in [4.78, 5) is 2.50. The number of aliphatic hydroxyl groups is 1. The van der Waals surface area contributed by atoms with Gasteiger partial charge < -0.3 is 10.4 Å². The van der Waals surface area contributed by atoms with Crippen LogP contribution in [0.15, 0.2) is 0 Å². The molecule has 0 spiro atoms. The summed E-state index contributed by atoms with van der Waals surface area (Å²) < 4.78 is 0. The molecule has 2 heterocycles. The predicted molar refractivity (Wildman–Crippen MR) is 71.1 cm³/mol. The first-order valence-corrected chi connectivity index (χ1v) is 7.27. The fraction of sp³-hybridized carbons (Fsp3) is 1.00. The lowest BCUT2D eigenvalue weighted by Gasteiger charge is -2.36. The van der Waals surface area contributed by atoms with Crippen LogP contribution in [0.2, 0.25) is 0 Å². The number of nitrogens with zero attached hydrogens (tertiary/aromatic N) is 1. The largest absolute Gasteiger partial charge is 0.388 e. The molecule has 0 amide bonds. The van der Waals surface area contributed by atoms with Gasteiger partial charge in [0.25, 0.3) is 0 Å². The molecule has 2 aliphatic heterocycles. The Morgan fingerprint density at radius 3 is 2.29 bits per heavy atom. The highest BCUT2D eigenvalue weighted by Crippen LogP contribution is 2.37. The van der Waals surface area contributed by atoms with Crippen molar-refractivity contribution in [1.29, 1.82) is 0 Å². The number of likely N-dealkylation sites (tertiary alicyclic amines) is 1. The Kier molecular flexibility index (Phi) is 4.11. The van der Waals surface area contributed by atoms with E-state index < -0.39 is 5.60 Å². The van der Waals surface area contributed by atoms with Crippen LogP contribution in [-0.4, -0.2) is 48.3 Å². The van der Waals surface area contributed by atoms with E-state index in [0.717, 1.165) is 32.5 Å². The van der Waals surface area contributed by atoms with Crippen molar-refractivity contribution < 1.29 is 5.11 Å². The number of rotatable bonds is 4. The first kappa shape index (κ1) is 13.3. The lowest BCUT2D eigenvalue weighted by atomic mass is 9.82. The highest BCUT2D eigenvalue weighted by Gasteiger charge is 2.39. The Balaban J connectivity index is 1.88. The van der Waals surface area contributed by atoms with Gasteiger partial charge in [-0.25, -0.2) is 0 Å². The predicted octanol–water partition coefficient (Wildman–Crippen LogP) is 1.61. The van der Waals surface area contributed by atoms with Gasteiger partial charge in [0, 0.05) is 13.1 Å². The second-order valence-corrected chi connectivity index (χ2v) is 6.14. The van der Waals surface area contributed by atoms with Gasteiger partial charge in [-0.3, -0.25) is 4.90 Å². The Bertz CT molecular complexity index is 245. The average molecular weight is 240 g/mol. The molecule has 0 aliphatic carbocycles. The minimum absolute atomic E-state index is 0.428. The van der Waals surface area contributed by atoms with Gasteiger partial charge in [0.2, 0.25) is 0 Å². The highest BCUT2D eigenvalue weighted by atomic mass is 16.3. The maximum Gasteiger partial charge on any atom is 0.0798 e. The maximum absolute atomic E-state index is 10.6. The second-order valence-electron chi connectivity index (χ2n) is 6.14. The van der Waals surface area contributed by atoms with E-state index in [1.54, 1.807) is 0 Å². The molecule has 2 rings (SSSR count). The lowest BCUT2D eigenvalue weighted by molar-refractivity contribution is -0.0182. The molecule has 0 aromatic rings. The van der Waals surface area contributed by atoms with Gasteiger partial charge in [0.15, 0.2) is 0 Å². The molecule has 0 aromatic heterocycles. The van der Waals surface area contributed by atoms with E-state index >= 15 is 0 Å². The molecule has 100 valence electrons. The monoisotopic (exact) mass is 240 g/mol. The molecule has 3 nitrogen and oxygen atoms in total. The summed E-state index contributed by atoms with van der Waals surface area (Å²) in [6.07, 6.45) is 5.69. The fourth-order valence-corrected chi connectivity index (χ4v) is 3.46. The van der Waals surface area contributed by atoms with Gasteiger partial charge in [-0.2, -0.15) is 0 Å². The molecule has 3 heteroatoms. The van der Waals surface area contributed by atoms with Gasteiger partial charge in [0.05, 0.1) is 5.60 Å². The third kappa shape index (κ3) is 3.01. The summed E-state index contributed by atoms with van der Waals surface area (Å²) in [6, 6.07) is 0. The molecule has 2 saturated heterocycles. The van der Waals surface area contributed by atoms with Crippen LogP contribution < -0.4 is 5.32 Å². The van der Waals surface area contributed by atoms with Gasteiger partial charge in [-0.15, -0.1) is 0 Å². The highest BCUT2D eigenvalue weighted by molar-refractivity contribution is 4.93. The van der Waals surface area contributed by atoms with Crippen molar-refractivity contribution in [3.8, 4) is 0 Å². The number of hydrogen-bond donors (Lipinski definition) is 2. The van der Waals surface area contributed by atoms with E-state index in [9.17, 15) is 5.11 Å². The summed E-state index contributed by atoms with van der Waals surface area (Å²) in [6.45, 7) is 9.82. The Morgan fingerprint density at radius 2 is 1.76 bits per heavy atom. The van der Waals surface area contributed by atoms with Crippen LogP contribution in [0.3, 0.4) is 0 Å². The molecular weight excluding hydrogens is 212 g/mol. The van der Waals surface area contributed by atoms with E-state index in [-0.39, 0.29) is 0 Å². The van der Waals surface area contributed by atoms with E-state index in [4.69, 9.17) is 0 Å². The standard InChI is InChI=1S/C14H28N2O/c1-3-13(4-2)7-10-16(11-13)12-14(17)5-8-15-9-6-14/h15,17H,3-12H2,1-2H3. The lowest BCUT2D eigenvalue weighted by Crippen LogP contribution is -2.49. The second kappa shape index (κ2) is 5.25. The van der Waals surface area contributed by atoms with Crippen LogP contribution in [0.1, 0.15) is 46.0 Å². The SMILES string of the molecule is CCC1(CC)CCN(CC2(O)CCNCC2)C1. The zero-order valence-corrected chi connectivity index (χ0v) is 11.5. The van der Waals surface area contributed by atoms with Gasteiger partial charge in [0.1, 0.15) is 0 Å². The zero-order chi connectivity index (χ0) is 12.4. The van der Waals surface area contributed by atoms with Gasteiger partial charge in [-0.1, -0.05) is 13.8 Å². The van der Waals surface area contributed by atoms with E-state index in [1.165, 1.54) is 32.4 Å². The summed E-state index contributed by atoms with van der Waals surface area (Å²) >= 11 is 0. The molecular formula is C14H28N2O. The molecule has 0 radical (unpaired) electrons. The van der Waals surface area contributed by atoms with Crippen molar-refractivity contribution in [2.24, 2.45) is 5.41 Å². The number of β-amino-alcohol motifs (C(OH)–C–C–N with tert-alkyl or cyclic N) is 1. The van der Waals surface area contributed by atoms with Crippen LogP contribution in [0, 0.1) is 5.41 Å². The first-order valence-electron chi connectivity index (χ1n) is 7.27. The molecule has 2 aliphatic rings. The number of hydrogen-bond acceptors (Lipinski definition) is 3. The summed E-state index contributed by atoms with van der Waals surface area (Å²) in [5.74, 6) is 0. The number of nitrogens with one attached hydrogen (secondary N) is 1. The molecule has 0 saturated carbocycles. The summed E-state index contributed by atoms with van der Waals surface area (Å²) in [5.41, 5.74) is 0.103. The quantitative estimate of drug-likeness (QED) is 0.784. The topological polar surface area (TPSA) is 35.5 Å². The molecule has 0 aromatic carbocycles. The van der Waals surface area contributed by atoms with Crippen molar-refractivity contribution in [2.75, 3.05) is 32.7 Å². The Labute approximate surface area is 106 Å². The Morgan fingerprint density at radius 1 is 1.12 bits per heavy atom. The number of piperidine rings is 1. The van der Waals surface area contributed by atoms with Crippen LogP contribution >= 0.6 is 0 Å². The third-order valence-corrected chi connectivity index (χ3v) is 5.07. The van der Waals surface area contributed by atoms with Crippen LogP contribution in [-0.2, 0) is 0 Å². The zero-order valence-electron chi connectivity index (χ0n) is 11.5. The van der Waals surface area contributed by atoms with Crippen LogP contribution in [0.4, 0.5) is 0 Å². The van der Waals surface area contributed by atoms with Crippen molar-refractivity contribution >= 4 is 0 Å². The third-order valence-electron chi connectivity index (χ3n) is 5.07. The van der Waals surface area contributed by atoms with Crippen molar-refractivity contribution in [3.05, 3.63) is 0 Å². The molecule has 2 N–H and O–H groups in total. The molecule has 0 atom stereocenters. The average Bonchev–Trinajstić information content (AvgIpc) is 2.73. The first-order chi connectivity index (χ1) is 8.11. The molecule has 17 heavy (non-hydrogen) atoms. The van der Waals surface area contributed by atoms with Crippen molar-refractivity contribution in [2.45, 2.75) is 51.6 Å². The fourth-order valence-electron chi connectivity index (χ4n) is 3.46. The summed E-state index contributed by atoms with van der Waals surface area (Å²) in [5, 5.41) is 13.9. The van der Waals surface area contributed by atoms with Gasteiger partial charge in [-0.05, 0) is 57.2 Å². The minimum atomic E-state index is -0.428. The van der Waals surface area contributed by atoms with Crippen molar-refractivity contribution in [3.63, 3.8) is 0 Å². The maximum atomic E-state index is 10.6. The van der Waals surface area contributed by atoms with E-state index in [2.05, 4.69) is 24.1 Å². The molecule has 0 bridgehead atoms. The summed E-state index contributed by atoms with van der Waals surface area (Å²) in [7, 11) is 0. The molecule has 2 fully saturated rings. The van der Waals surface area contributed by atoms with Crippen molar-refractivity contribution in [1.82, 2.24) is 10.2 Å². The Hall–Kier alpha value is -0.120. The van der Waals surface area contributed by atoms with Gasteiger partial charge >= 0.3 is 0 Å². The minimum Gasteiger partial charge on any atom is -0.388 e. The normalized spacial score (nSPS) is 28.4. The van der Waals surface area contributed by atoms with E-state index in [1.807, 2.05) is 0 Å². The van der Waals surface area contributed by atoms with Crippen LogP contribution in [0.5, 0.6) is 0 Å². The van der Waals surface area contributed by atoms with Crippen LogP contribution in [0.25, 0.3) is 0 Å². The molecule has 0 unspecified atom stereocenters.